The second kappa shape index (κ2) is 9.04. The van der Waals surface area contributed by atoms with Crippen molar-refractivity contribution in [2.24, 2.45) is 0 Å². The number of aromatic nitrogens is 2. The number of ether oxygens (including phenoxy) is 2. The van der Waals surface area contributed by atoms with Gasteiger partial charge in [-0.15, -0.1) is 0 Å². The van der Waals surface area contributed by atoms with Gasteiger partial charge in [-0.3, -0.25) is 9.58 Å². The van der Waals surface area contributed by atoms with Gasteiger partial charge >= 0.3 is 0 Å². The molecule has 2 heterocycles. The monoisotopic (exact) mass is 377 g/mol. The molecule has 4 rings (SSSR count). The number of hydrogen-bond acceptors (Lipinski definition) is 4. The van der Waals surface area contributed by atoms with Gasteiger partial charge in [0.2, 0.25) is 0 Å². The summed E-state index contributed by atoms with van der Waals surface area (Å²) in [6, 6.07) is 20.5. The van der Waals surface area contributed by atoms with Gasteiger partial charge in [0.15, 0.2) is 0 Å². The van der Waals surface area contributed by atoms with Crippen molar-refractivity contribution in [2.45, 2.75) is 18.9 Å². The lowest BCUT2D eigenvalue weighted by atomic mass is 10.1. The van der Waals surface area contributed by atoms with Gasteiger partial charge in [-0.2, -0.15) is 5.10 Å². The highest BCUT2D eigenvalue weighted by atomic mass is 16.5. The van der Waals surface area contributed by atoms with Crippen molar-refractivity contribution in [2.75, 3.05) is 33.4 Å². The Morgan fingerprint density at radius 3 is 2.57 bits per heavy atom. The number of hydrogen-bond donors (Lipinski definition) is 0. The highest BCUT2D eigenvalue weighted by Gasteiger charge is 2.21. The molecule has 1 atom stereocenters. The lowest BCUT2D eigenvalue weighted by Gasteiger charge is -2.32. The van der Waals surface area contributed by atoms with Crippen molar-refractivity contribution in [1.29, 1.82) is 0 Å². The van der Waals surface area contributed by atoms with Gasteiger partial charge in [0, 0.05) is 32.0 Å². The predicted octanol–water partition coefficient (Wildman–Crippen LogP) is 4.63. The summed E-state index contributed by atoms with van der Waals surface area (Å²) < 4.78 is 13.2. The van der Waals surface area contributed by atoms with Crippen LogP contribution in [0.4, 0.5) is 0 Å². The molecule has 146 valence electrons. The van der Waals surface area contributed by atoms with Gasteiger partial charge in [-0.25, -0.2) is 0 Å². The number of methoxy groups -OCH3 is 1. The molecule has 0 aliphatic carbocycles. The zero-order valence-corrected chi connectivity index (χ0v) is 16.3. The average Bonchev–Trinajstić information content (AvgIpc) is 3.24. The predicted molar refractivity (Wildman–Crippen MR) is 111 cm³/mol. The van der Waals surface area contributed by atoms with E-state index in [0.29, 0.717) is 6.04 Å². The number of nitrogens with zero attached hydrogens (tertiary/aromatic N) is 3. The van der Waals surface area contributed by atoms with Crippen LogP contribution in [-0.4, -0.2) is 48.0 Å². The maximum Gasteiger partial charge on any atom is 0.127 e. The molecule has 0 bridgehead atoms. The molecule has 0 spiro atoms. The average molecular weight is 377 g/mol. The van der Waals surface area contributed by atoms with Gasteiger partial charge in [0.05, 0.1) is 18.3 Å². The molecule has 1 fully saturated rings. The van der Waals surface area contributed by atoms with Crippen molar-refractivity contribution < 1.29 is 9.47 Å². The molecule has 5 nitrogen and oxygen atoms in total. The van der Waals surface area contributed by atoms with Crippen molar-refractivity contribution in [3.8, 4) is 22.8 Å². The molecular weight excluding hydrogens is 350 g/mol. The van der Waals surface area contributed by atoms with E-state index in [-0.39, 0.29) is 0 Å². The maximum absolute atomic E-state index is 5.87. The summed E-state index contributed by atoms with van der Waals surface area (Å²) in [5, 5.41) is 4.85. The number of piperidine rings is 1. The minimum Gasteiger partial charge on any atom is -0.457 e. The standard InChI is InChI=1S/C23H27N3O2/c1-27-17-16-25-14-5-6-20(18-25)26-15-13-23(24-26)19-9-11-22(12-10-19)28-21-7-3-2-4-8-21/h2-4,7-13,15,20H,5-6,14,16-18H2,1H3. The van der Waals surface area contributed by atoms with Crippen molar-refractivity contribution in [1.82, 2.24) is 14.7 Å². The third kappa shape index (κ3) is 4.61. The Balaban J connectivity index is 1.41. The Morgan fingerprint density at radius 2 is 1.79 bits per heavy atom. The van der Waals surface area contributed by atoms with Crippen LogP contribution in [0, 0.1) is 0 Å². The van der Waals surface area contributed by atoms with E-state index in [1.54, 1.807) is 7.11 Å². The van der Waals surface area contributed by atoms with Gasteiger partial charge < -0.3 is 9.47 Å². The molecule has 1 aromatic heterocycles. The first-order valence-corrected chi connectivity index (χ1v) is 9.91. The van der Waals surface area contributed by atoms with Crippen LogP contribution < -0.4 is 4.74 Å². The number of para-hydroxylation sites is 1. The van der Waals surface area contributed by atoms with Crippen LogP contribution in [0.3, 0.4) is 0 Å². The largest absolute Gasteiger partial charge is 0.457 e. The molecule has 1 unspecified atom stereocenters. The van der Waals surface area contributed by atoms with E-state index in [1.165, 1.54) is 12.8 Å². The van der Waals surface area contributed by atoms with Gasteiger partial charge in [-0.05, 0) is 61.9 Å². The minimum atomic E-state index is 0.431. The van der Waals surface area contributed by atoms with Gasteiger partial charge in [-0.1, -0.05) is 18.2 Å². The number of benzene rings is 2. The van der Waals surface area contributed by atoms with E-state index in [1.807, 2.05) is 42.5 Å². The van der Waals surface area contributed by atoms with Crippen molar-refractivity contribution in [3.63, 3.8) is 0 Å². The third-order valence-electron chi connectivity index (χ3n) is 5.20. The zero-order chi connectivity index (χ0) is 19.2. The molecule has 1 aliphatic heterocycles. The lowest BCUT2D eigenvalue weighted by molar-refractivity contribution is 0.114. The topological polar surface area (TPSA) is 39.5 Å². The molecule has 3 aromatic rings. The summed E-state index contributed by atoms with van der Waals surface area (Å²) in [6.45, 7) is 3.96. The summed E-state index contributed by atoms with van der Waals surface area (Å²) in [5.74, 6) is 1.67. The Morgan fingerprint density at radius 1 is 1.00 bits per heavy atom. The summed E-state index contributed by atoms with van der Waals surface area (Å²) in [6.07, 6.45) is 4.48. The van der Waals surface area contributed by atoms with Crippen molar-refractivity contribution >= 4 is 0 Å². The van der Waals surface area contributed by atoms with Crippen LogP contribution >= 0.6 is 0 Å². The summed E-state index contributed by atoms with van der Waals surface area (Å²) in [5.41, 5.74) is 2.10. The van der Waals surface area contributed by atoms with E-state index in [9.17, 15) is 0 Å². The van der Waals surface area contributed by atoms with E-state index in [0.717, 1.165) is 49.0 Å². The summed E-state index contributed by atoms with van der Waals surface area (Å²) in [4.78, 5) is 2.47. The van der Waals surface area contributed by atoms with E-state index >= 15 is 0 Å². The van der Waals surface area contributed by atoms with Crippen LogP contribution in [0.25, 0.3) is 11.3 Å². The first-order chi connectivity index (χ1) is 13.8. The Kier molecular flexibility index (Phi) is 6.04. The molecule has 5 heteroatoms. The highest BCUT2D eigenvalue weighted by Crippen LogP contribution is 2.27. The number of rotatable bonds is 7. The fraction of sp³-hybridized carbons (Fsp3) is 0.348. The van der Waals surface area contributed by atoms with E-state index in [2.05, 4.69) is 34.0 Å². The second-order valence-electron chi connectivity index (χ2n) is 7.21. The van der Waals surface area contributed by atoms with E-state index < -0.39 is 0 Å². The Labute approximate surface area is 166 Å². The molecule has 28 heavy (non-hydrogen) atoms. The SMILES string of the molecule is COCCN1CCCC(n2ccc(-c3ccc(Oc4ccccc4)cc3)n2)C1. The van der Waals surface area contributed by atoms with Crippen molar-refractivity contribution in [3.05, 3.63) is 66.9 Å². The van der Waals surface area contributed by atoms with Crippen LogP contribution in [0.15, 0.2) is 66.9 Å². The summed E-state index contributed by atoms with van der Waals surface area (Å²) in [7, 11) is 1.76. The fourth-order valence-electron chi connectivity index (χ4n) is 3.68. The number of likely N-dealkylation sites (tertiary alicyclic amines) is 1. The van der Waals surface area contributed by atoms with Crippen LogP contribution in [0.2, 0.25) is 0 Å². The molecule has 1 saturated heterocycles. The molecule has 2 aromatic carbocycles. The molecule has 1 aliphatic rings. The van der Waals surface area contributed by atoms with Crippen LogP contribution in [-0.2, 0) is 4.74 Å². The zero-order valence-electron chi connectivity index (χ0n) is 16.3. The van der Waals surface area contributed by atoms with E-state index in [4.69, 9.17) is 14.6 Å². The molecule has 0 radical (unpaired) electrons. The summed E-state index contributed by atoms with van der Waals surface area (Å²) >= 11 is 0. The first kappa shape index (κ1) is 18.7. The molecule has 0 amide bonds. The quantitative estimate of drug-likeness (QED) is 0.602. The minimum absolute atomic E-state index is 0.431. The van der Waals surface area contributed by atoms with Crippen LogP contribution in [0.1, 0.15) is 18.9 Å². The lowest BCUT2D eigenvalue weighted by Crippen LogP contribution is -2.38. The molecular formula is C23H27N3O2. The van der Waals surface area contributed by atoms with Gasteiger partial charge in [0.25, 0.3) is 0 Å². The second-order valence-corrected chi connectivity index (χ2v) is 7.21. The highest BCUT2D eigenvalue weighted by molar-refractivity contribution is 5.59. The first-order valence-electron chi connectivity index (χ1n) is 9.91. The Hall–Kier alpha value is -2.63. The normalized spacial score (nSPS) is 17.5. The maximum atomic E-state index is 5.87. The van der Waals surface area contributed by atoms with Gasteiger partial charge in [0.1, 0.15) is 11.5 Å². The molecule has 0 saturated carbocycles. The smallest absolute Gasteiger partial charge is 0.127 e. The molecule has 0 N–H and O–H groups in total. The fourth-order valence-corrected chi connectivity index (χ4v) is 3.68. The third-order valence-corrected chi connectivity index (χ3v) is 5.20. The van der Waals surface area contributed by atoms with Crippen LogP contribution in [0.5, 0.6) is 11.5 Å². The Bertz CT molecular complexity index is 861.